The Morgan fingerprint density at radius 2 is 1.76 bits per heavy atom. The minimum Gasteiger partial charge on any atom is -0.366 e. The van der Waals surface area contributed by atoms with Crippen LogP contribution < -0.4 is 5.32 Å². The first kappa shape index (κ1) is 12.6. The Morgan fingerprint density at radius 1 is 1.06 bits per heavy atom. The van der Waals surface area contributed by atoms with E-state index in [2.05, 4.69) is 54.3 Å². The molecule has 17 heavy (non-hydrogen) atoms. The lowest BCUT2D eigenvalue weighted by Gasteiger charge is -2.07. The second-order valence-corrected chi connectivity index (χ2v) is 5.51. The third-order valence-electron chi connectivity index (χ3n) is 2.41. The summed E-state index contributed by atoms with van der Waals surface area (Å²) in [5, 5.41) is 3.30. The highest BCUT2D eigenvalue weighted by Gasteiger charge is 1.99. The molecule has 0 aliphatic rings. The first-order chi connectivity index (χ1) is 8.15. The summed E-state index contributed by atoms with van der Waals surface area (Å²) in [5.74, 6) is 0.897. The van der Waals surface area contributed by atoms with E-state index in [1.54, 1.807) is 0 Å². The Bertz CT molecular complexity index is 509. The van der Waals surface area contributed by atoms with Gasteiger partial charge >= 0.3 is 0 Å². The molecule has 1 heterocycles. The smallest absolute Gasteiger partial charge is 0.126 e. The summed E-state index contributed by atoms with van der Waals surface area (Å²) < 4.78 is 2.13. The van der Waals surface area contributed by atoms with Gasteiger partial charge in [-0.25, -0.2) is 4.98 Å². The molecule has 0 amide bonds. The zero-order valence-corrected chi connectivity index (χ0v) is 12.5. The van der Waals surface area contributed by atoms with Crippen LogP contribution in [0.1, 0.15) is 11.3 Å². The molecule has 0 bridgehead atoms. The highest BCUT2D eigenvalue weighted by atomic mass is 79.9. The number of nitrogens with one attached hydrogen (secondary N) is 1. The van der Waals surface area contributed by atoms with Crippen LogP contribution in [0.5, 0.6) is 0 Å². The van der Waals surface area contributed by atoms with Crippen molar-refractivity contribution in [1.82, 2.24) is 4.98 Å². The Balaban J connectivity index is 2.02. The molecule has 2 rings (SSSR count). The van der Waals surface area contributed by atoms with E-state index in [4.69, 9.17) is 0 Å². The minimum atomic E-state index is 0.779. The fraction of sp³-hybridized carbons (Fsp3) is 0.154. The summed E-state index contributed by atoms with van der Waals surface area (Å²) in [7, 11) is 0. The maximum atomic E-state index is 4.44. The number of hydrogen-bond donors (Lipinski definition) is 1. The average molecular weight is 356 g/mol. The number of nitrogens with zero attached hydrogens (tertiary/aromatic N) is 1. The summed E-state index contributed by atoms with van der Waals surface area (Å²) >= 11 is 6.86. The van der Waals surface area contributed by atoms with Crippen LogP contribution in [0.15, 0.2) is 45.3 Å². The van der Waals surface area contributed by atoms with Crippen LogP contribution in [0, 0.1) is 6.92 Å². The highest BCUT2D eigenvalue weighted by molar-refractivity contribution is 9.10. The van der Waals surface area contributed by atoms with E-state index in [0.717, 1.165) is 27.0 Å². The summed E-state index contributed by atoms with van der Waals surface area (Å²) in [5.41, 5.74) is 2.22. The largest absolute Gasteiger partial charge is 0.366 e. The molecule has 0 aliphatic carbocycles. The summed E-state index contributed by atoms with van der Waals surface area (Å²) in [4.78, 5) is 4.44. The van der Waals surface area contributed by atoms with Gasteiger partial charge in [0.2, 0.25) is 0 Å². The van der Waals surface area contributed by atoms with Crippen molar-refractivity contribution in [3.63, 3.8) is 0 Å². The number of halogens is 2. The second kappa shape index (κ2) is 5.65. The molecule has 4 heteroatoms. The van der Waals surface area contributed by atoms with Gasteiger partial charge < -0.3 is 5.32 Å². The second-order valence-electron chi connectivity index (χ2n) is 3.74. The Hall–Kier alpha value is -0.870. The maximum Gasteiger partial charge on any atom is 0.126 e. The number of hydrogen-bond acceptors (Lipinski definition) is 2. The molecule has 0 aliphatic heterocycles. The van der Waals surface area contributed by atoms with E-state index < -0.39 is 0 Å². The molecule has 88 valence electrons. The lowest BCUT2D eigenvalue weighted by atomic mass is 10.2. The van der Waals surface area contributed by atoms with Gasteiger partial charge in [0.1, 0.15) is 5.82 Å². The van der Waals surface area contributed by atoms with E-state index >= 15 is 0 Å². The number of aryl methyl sites for hydroxylation is 1. The third kappa shape index (κ3) is 3.54. The molecule has 0 unspecified atom stereocenters. The minimum absolute atomic E-state index is 0.779. The van der Waals surface area contributed by atoms with Crippen molar-refractivity contribution in [2.75, 3.05) is 5.32 Å². The van der Waals surface area contributed by atoms with Crippen molar-refractivity contribution >= 4 is 37.7 Å². The van der Waals surface area contributed by atoms with Crippen molar-refractivity contribution in [3.8, 4) is 0 Å². The number of benzene rings is 1. The summed E-state index contributed by atoms with van der Waals surface area (Å²) in [6.07, 6.45) is 0. The lowest BCUT2D eigenvalue weighted by Crippen LogP contribution is -2.01. The van der Waals surface area contributed by atoms with E-state index in [9.17, 15) is 0 Å². The molecule has 1 N–H and O–H groups in total. The zero-order valence-electron chi connectivity index (χ0n) is 9.37. The molecule has 0 radical (unpaired) electrons. The van der Waals surface area contributed by atoms with Crippen LogP contribution in [0.3, 0.4) is 0 Å². The molecule has 2 aromatic rings. The van der Waals surface area contributed by atoms with Crippen molar-refractivity contribution in [2.24, 2.45) is 0 Å². The molecule has 0 fully saturated rings. The highest BCUT2D eigenvalue weighted by Crippen LogP contribution is 2.17. The fourth-order valence-electron chi connectivity index (χ4n) is 1.44. The van der Waals surface area contributed by atoms with E-state index in [1.165, 1.54) is 5.56 Å². The molecule has 0 spiro atoms. The molecule has 2 nitrogen and oxygen atoms in total. The van der Waals surface area contributed by atoms with Crippen LogP contribution in [-0.2, 0) is 6.54 Å². The fourth-order valence-corrected chi connectivity index (χ4v) is 1.92. The van der Waals surface area contributed by atoms with E-state index in [-0.39, 0.29) is 0 Å². The van der Waals surface area contributed by atoms with Gasteiger partial charge in [0.25, 0.3) is 0 Å². The monoisotopic (exact) mass is 354 g/mol. The van der Waals surface area contributed by atoms with Crippen LogP contribution in [-0.4, -0.2) is 4.98 Å². The topological polar surface area (TPSA) is 24.9 Å². The van der Waals surface area contributed by atoms with E-state index in [0.29, 0.717) is 0 Å². The van der Waals surface area contributed by atoms with Crippen LogP contribution >= 0.6 is 31.9 Å². The van der Waals surface area contributed by atoms with Gasteiger partial charge in [-0.15, -0.1) is 0 Å². The van der Waals surface area contributed by atoms with Gasteiger partial charge in [-0.3, -0.25) is 0 Å². The predicted molar refractivity (Wildman–Crippen MR) is 78.1 cm³/mol. The van der Waals surface area contributed by atoms with Crippen molar-refractivity contribution in [2.45, 2.75) is 13.5 Å². The normalized spacial score (nSPS) is 10.3. The van der Waals surface area contributed by atoms with Gasteiger partial charge in [0, 0.05) is 15.5 Å². The number of rotatable bonds is 3. The van der Waals surface area contributed by atoms with Gasteiger partial charge in [0.15, 0.2) is 0 Å². The maximum absolute atomic E-state index is 4.44. The Labute approximate surface area is 118 Å². The van der Waals surface area contributed by atoms with Crippen LogP contribution in [0.4, 0.5) is 5.82 Å². The van der Waals surface area contributed by atoms with Gasteiger partial charge in [-0.1, -0.05) is 28.1 Å². The number of pyridine rings is 1. The van der Waals surface area contributed by atoms with Crippen molar-refractivity contribution in [1.29, 1.82) is 0 Å². The standard InChI is InChI=1S/C13H12Br2N2/c1-9-12(15)6-7-13(17-9)16-8-10-2-4-11(14)5-3-10/h2-7H,8H2,1H3,(H,16,17). The first-order valence-corrected chi connectivity index (χ1v) is 6.85. The van der Waals surface area contributed by atoms with E-state index in [1.807, 2.05) is 31.2 Å². The number of aromatic nitrogens is 1. The predicted octanol–water partition coefficient (Wildman–Crippen LogP) is 4.53. The van der Waals surface area contributed by atoms with Gasteiger partial charge in [0.05, 0.1) is 5.69 Å². The van der Waals surface area contributed by atoms with Gasteiger partial charge in [-0.05, 0) is 52.7 Å². The Morgan fingerprint density at radius 3 is 2.41 bits per heavy atom. The molecule has 1 aromatic carbocycles. The first-order valence-electron chi connectivity index (χ1n) is 5.26. The molecule has 0 saturated heterocycles. The third-order valence-corrected chi connectivity index (χ3v) is 3.78. The molecular weight excluding hydrogens is 344 g/mol. The van der Waals surface area contributed by atoms with Crippen molar-refractivity contribution < 1.29 is 0 Å². The SMILES string of the molecule is Cc1nc(NCc2ccc(Br)cc2)ccc1Br. The van der Waals surface area contributed by atoms with Gasteiger partial charge in [-0.2, -0.15) is 0 Å². The summed E-state index contributed by atoms with van der Waals surface area (Å²) in [6.45, 7) is 2.76. The summed E-state index contributed by atoms with van der Waals surface area (Å²) in [6, 6.07) is 12.2. The molecule has 1 aromatic heterocycles. The average Bonchev–Trinajstić information content (AvgIpc) is 2.33. The van der Waals surface area contributed by atoms with Crippen molar-refractivity contribution in [3.05, 3.63) is 56.6 Å². The lowest BCUT2D eigenvalue weighted by molar-refractivity contribution is 1.08. The molecule has 0 saturated carbocycles. The number of anilines is 1. The quantitative estimate of drug-likeness (QED) is 0.875. The zero-order chi connectivity index (χ0) is 12.3. The molecule has 0 atom stereocenters. The Kier molecular flexibility index (Phi) is 4.18. The molecular formula is C13H12Br2N2. The van der Waals surface area contributed by atoms with Crippen LogP contribution in [0.25, 0.3) is 0 Å². The van der Waals surface area contributed by atoms with Crippen LogP contribution in [0.2, 0.25) is 0 Å².